The Bertz CT molecular complexity index is 352. The highest BCUT2D eigenvalue weighted by molar-refractivity contribution is 8.00. The van der Waals surface area contributed by atoms with Crippen LogP contribution in [0.3, 0.4) is 0 Å². The number of amides is 1. The number of carbonyl (C=O) groups is 1. The maximum atomic E-state index is 12.3. The third-order valence-corrected chi connectivity index (χ3v) is 3.68. The molecule has 1 aromatic carbocycles. The fraction of sp³-hybridized carbons (Fsp3) is 0.500. The van der Waals surface area contributed by atoms with Crippen LogP contribution in [0.25, 0.3) is 0 Å². The molecule has 1 unspecified atom stereocenters. The Labute approximate surface area is 114 Å². The van der Waals surface area contributed by atoms with Gasteiger partial charge in [0, 0.05) is 24.6 Å². The Hall–Kier alpha value is -1.00. The second-order valence-corrected chi connectivity index (χ2v) is 4.86. The number of likely N-dealkylation sites (N-methyl/N-ethyl adjacent to an activating group) is 1. The van der Waals surface area contributed by atoms with Gasteiger partial charge in [-0.3, -0.25) is 4.79 Å². The SMILES string of the molecule is CCOC(Sc1ccccc1)C(=O)N(CC)CC. The number of hydrogen-bond acceptors (Lipinski definition) is 3. The predicted molar refractivity (Wildman–Crippen MR) is 75.6 cm³/mol. The molecule has 0 aliphatic rings. The summed E-state index contributed by atoms with van der Waals surface area (Å²) in [7, 11) is 0. The van der Waals surface area contributed by atoms with Crippen molar-refractivity contribution in [2.45, 2.75) is 31.1 Å². The maximum absolute atomic E-state index is 12.3. The molecule has 0 radical (unpaired) electrons. The minimum absolute atomic E-state index is 0.0516. The average molecular weight is 267 g/mol. The first-order chi connectivity index (χ1) is 8.72. The molecule has 0 saturated carbocycles. The minimum atomic E-state index is -0.447. The third-order valence-electron chi connectivity index (χ3n) is 2.58. The molecular weight excluding hydrogens is 246 g/mol. The third kappa shape index (κ3) is 4.35. The van der Waals surface area contributed by atoms with Gasteiger partial charge in [-0.2, -0.15) is 0 Å². The Morgan fingerprint density at radius 2 is 1.83 bits per heavy atom. The predicted octanol–water partition coefficient (Wildman–Crippen LogP) is 3.01. The molecule has 1 amide bonds. The average Bonchev–Trinajstić information content (AvgIpc) is 2.40. The van der Waals surface area contributed by atoms with Crippen LogP contribution < -0.4 is 0 Å². The number of rotatable bonds is 7. The molecule has 0 aliphatic carbocycles. The van der Waals surface area contributed by atoms with Crippen LogP contribution in [0.15, 0.2) is 35.2 Å². The van der Waals surface area contributed by atoms with Gasteiger partial charge in [-0.1, -0.05) is 30.0 Å². The van der Waals surface area contributed by atoms with Crippen LogP contribution in [0.5, 0.6) is 0 Å². The molecular formula is C14H21NO2S. The first kappa shape index (κ1) is 15.1. The number of ether oxygens (including phenoxy) is 1. The van der Waals surface area contributed by atoms with Gasteiger partial charge in [0.15, 0.2) is 5.44 Å². The second kappa shape index (κ2) is 8.16. The van der Waals surface area contributed by atoms with Crippen molar-refractivity contribution in [1.29, 1.82) is 0 Å². The summed E-state index contributed by atoms with van der Waals surface area (Å²) >= 11 is 1.47. The standard InChI is InChI=1S/C14H21NO2S/c1-4-15(5-2)13(16)14(17-6-3)18-12-10-8-7-9-11-12/h7-11,14H,4-6H2,1-3H3. The Balaban J connectivity index is 2.73. The van der Waals surface area contributed by atoms with Crippen molar-refractivity contribution in [3.05, 3.63) is 30.3 Å². The second-order valence-electron chi connectivity index (χ2n) is 3.73. The lowest BCUT2D eigenvalue weighted by molar-refractivity contribution is -0.137. The minimum Gasteiger partial charge on any atom is -0.358 e. The van der Waals surface area contributed by atoms with Gasteiger partial charge in [-0.25, -0.2) is 0 Å². The van der Waals surface area contributed by atoms with Crippen molar-refractivity contribution in [2.75, 3.05) is 19.7 Å². The lowest BCUT2D eigenvalue weighted by Gasteiger charge is -2.24. The van der Waals surface area contributed by atoms with Gasteiger partial charge in [0.05, 0.1) is 0 Å². The van der Waals surface area contributed by atoms with Crippen LogP contribution in [0.1, 0.15) is 20.8 Å². The van der Waals surface area contributed by atoms with Crippen LogP contribution in [0.2, 0.25) is 0 Å². The summed E-state index contributed by atoms with van der Waals surface area (Å²) in [5.74, 6) is 0.0516. The lowest BCUT2D eigenvalue weighted by atomic mass is 10.4. The highest BCUT2D eigenvalue weighted by Gasteiger charge is 2.23. The Morgan fingerprint density at radius 3 is 2.33 bits per heavy atom. The van der Waals surface area contributed by atoms with E-state index in [1.165, 1.54) is 11.8 Å². The highest BCUT2D eigenvalue weighted by Crippen LogP contribution is 2.25. The molecule has 3 nitrogen and oxygen atoms in total. The fourth-order valence-electron chi connectivity index (χ4n) is 1.61. The van der Waals surface area contributed by atoms with Gasteiger partial charge in [-0.05, 0) is 32.9 Å². The quantitative estimate of drug-likeness (QED) is 0.562. The van der Waals surface area contributed by atoms with Gasteiger partial charge in [0.2, 0.25) is 0 Å². The Morgan fingerprint density at radius 1 is 1.22 bits per heavy atom. The van der Waals surface area contributed by atoms with Crippen molar-refractivity contribution in [1.82, 2.24) is 4.90 Å². The van der Waals surface area contributed by atoms with Crippen molar-refractivity contribution < 1.29 is 9.53 Å². The fourth-order valence-corrected chi connectivity index (χ4v) is 2.63. The molecule has 100 valence electrons. The molecule has 0 spiro atoms. The van der Waals surface area contributed by atoms with E-state index in [2.05, 4.69) is 0 Å². The van der Waals surface area contributed by atoms with Gasteiger partial charge >= 0.3 is 0 Å². The van der Waals surface area contributed by atoms with Crippen LogP contribution in [-0.4, -0.2) is 35.9 Å². The first-order valence-electron chi connectivity index (χ1n) is 6.35. The summed E-state index contributed by atoms with van der Waals surface area (Å²) < 4.78 is 5.56. The molecule has 0 saturated heterocycles. The summed E-state index contributed by atoms with van der Waals surface area (Å²) in [5, 5.41) is 0. The zero-order chi connectivity index (χ0) is 13.4. The van der Waals surface area contributed by atoms with Gasteiger partial charge < -0.3 is 9.64 Å². The molecule has 0 N–H and O–H groups in total. The van der Waals surface area contributed by atoms with E-state index in [1.54, 1.807) is 4.90 Å². The summed E-state index contributed by atoms with van der Waals surface area (Å²) in [6.45, 7) is 7.85. The van der Waals surface area contributed by atoms with E-state index < -0.39 is 5.44 Å². The first-order valence-corrected chi connectivity index (χ1v) is 7.22. The smallest absolute Gasteiger partial charge is 0.262 e. The van der Waals surface area contributed by atoms with E-state index >= 15 is 0 Å². The van der Waals surface area contributed by atoms with Crippen molar-refractivity contribution in [3.63, 3.8) is 0 Å². The largest absolute Gasteiger partial charge is 0.358 e. The van der Waals surface area contributed by atoms with Crippen molar-refractivity contribution in [3.8, 4) is 0 Å². The molecule has 1 atom stereocenters. The monoisotopic (exact) mass is 267 g/mol. The zero-order valence-electron chi connectivity index (χ0n) is 11.3. The molecule has 0 aromatic heterocycles. The lowest BCUT2D eigenvalue weighted by Crippen LogP contribution is -2.38. The summed E-state index contributed by atoms with van der Waals surface area (Å²) in [4.78, 5) is 15.1. The van der Waals surface area contributed by atoms with Gasteiger partial charge in [0.25, 0.3) is 5.91 Å². The van der Waals surface area contributed by atoms with E-state index in [-0.39, 0.29) is 5.91 Å². The molecule has 4 heteroatoms. The van der Waals surface area contributed by atoms with E-state index in [4.69, 9.17) is 4.74 Å². The highest BCUT2D eigenvalue weighted by atomic mass is 32.2. The summed E-state index contributed by atoms with van der Waals surface area (Å²) in [5.41, 5.74) is -0.447. The summed E-state index contributed by atoms with van der Waals surface area (Å²) in [6, 6.07) is 9.88. The van der Waals surface area contributed by atoms with E-state index in [9.17, 15) is 4.79 Å². The van der Waals surface area contributed by atoms with Crippen LogP contribution in [0.4, 0.5) is 0 Å². The van der Waals surface area contributed by atoms with Crippen LogP contribution in [-0.2, 0) is 9.53 Å². The van der Waals surface area contributed by atoms with E-state index in [0.29, 0.717) is 19.7 Å². The van der Waals surface area contributed by atoms with Crippen molar-refractivity contribution >= 4 is 17.7 Å². The molecule has 18 heavy (non-hydrogen) atoms. The van der Waals surface area contributed by atoms with Gasteiger partial charge in [-0.15, -0.1) is 0 Å². The number of nitrogens with zero attached hydrogens (tertiary/aromatic N) is 1. The van der Waals surface area contributed by atoms with Crippen molar-refractivity contribution in [2.24, 2.45) is 0 Å². The van der Waals surface area contributed by atoms with E-state index in [0.717, 1.165) is 4.90 Å². The zero-order valence-corrected chi connectivity index (χ0v) is 12.1. The number of thioether (sulfide) groups is 1. The Kier molecular flexibility index (Phi) is 6.83. The molecule has 0 bridgehead atoms. The maximum Gasteiger partial charge on any atom is 0.262 e. The topological polar surface area (TPSA) is 29.5 Å². The molecule has 1 aromatic rings. The number of carbonyl (C=O) groups excluding carboxylic acids is 1. The molecule has 1 rings (SSSR count). The van der Waals surface area contributed by atoms with Crippen LogP contribution >= 0.6 is 11.8 Å². The number of hydrogen-bond donors (Lipinski definition) is 0. The van der Waals surface area contributed by atoms with Crippen LogP contribution in [0, 0.1) is 0 Å². The van der Waals surface area contributed by atoms with E-state index in [1.807, 2.05) is 51.1 Å². The summed E-state index contributed by atoms with van der Waals surface area (Å²) in [6.07, 6.45) is 0. The van der Waals surface area contributed by atoms with Gasteiger partial charge in [0.1, 0.15) is 0 Å². The number of benzene rings is 1. The molecule has 0 aliphatic heterocycles. The normalized spacial score (nSPS) is 12.2. The molecule has 0 heterocycles. The molecule has 0 fully saturated rings.